The number of hydrogen-bond acceptors (Lipinski definition) is 4. The lowest BCUT2D eigenvalue weighted by molar-refractivity contribution is 0.0145. The summed E-state index contributed by atoms with van der Waals surface area (Å²) in [6.07, 6.45) is 1.92. The third kappa shape index (κ3) is 8.95. The van der Waals surface area contributed by atoms with Gasteiger partial charge in [0.2, 0.25) is 0 Å². The van der Waals surface area contributed by atoms with Crippen LogP contribution in [0.5, 0.6) is 0 Å². The molecule has 0 bridgehead atoms. The topological polar surface area (TPSA) is 69.2 Å². The SMILES string of the molecule is CCC(C)NC(=NC)NCCCN1CCN(C(=O)OC(C)(C)C)CC1. The van der Waals surface area contributed by atoms with Crippen LogP contribution in [0.3, 0.4) is 0 Å². The van der Waals surface area contributed by atoms with Crippen molar-refractivity contribution in [2.45, 2.75) is 59.1 Å². The number of ether oxygens (including phenoxy) is 1. The molecule has 0 aromatic heterocycles. The summed E-state index contributed by atoms with van der Waals surface area (Å²) in [6.45, 7) is 15.2. The zero-order chi connectivity index (χ0) is 18.9. The van der Waals surface area contributed by atoms with Gasteiger partial charge in [-0.3, -0.25) is 9.89 Å². The fourth-order valence-electron chi connectivity index (χ4n) is 2.52. The molecule has 0 aromatic rings. The lowest BCUT2D eigenvalue weighted by atomic mass is 10.2. The molecule has 1 atom stereocenters. The number of carbonyl (C=O) groups excluding carboxylic acids is 1. The number of nitrogens with one attached hydrogen (secondary N) is 2. The minimum absolute atomic E-state index is 0.200. The first-order valence-electron chi connectivity index (χ1n) is 9.42. The zero-order valence-electron chi connectivity index (χ0n) is 16.9. The Balaban J connectivity index is 2.19. The van der Waals surface area contributed by atoms with Crippen LogP contribution in [0, 0.1) is 0 Å². The number of hydrogen-bond donors (Lipinski definition) is 2. The van der Waals surface area contributed by atoms with E-state index in [-0.39, 0.29) is 6.09 Å². The second kappa shape index (κ2) is 10.5. The minimum Gasteiger partial charge on any atom is -0.444 e. The highest BCUT2D eigenvalue weighted by molar-refractivity contribution is 5.79. The molecular formula is C18H37N5O2. The van der Waals surface area contributed by atoms with Gasteiger partial charge in [0, 0.05) is 45.8 Å². The quantitative estimate of drug-likeness (QED) is 0.433. The van der Waals surface area contributed by atoms with Crippen molar-refractivity contribution in [3.63, 3.8) is 0 Å². The largest absolute Gasteiger partial charge is 0.444 e. The van der Waals surface area contributed by atoms with Crippen molar-refractivity contribution in [3.05, 3.63) is 0 Å². The lowest BCUT2D eigenvalue weighted by Crippen LogP contribution is -2.50. The first-order valence-corrected chi connectivity index (χ1v) is 9.42. The molecular weight excluding hydrogens is 318 g/mol. The van der Waals surface area contributed by atoms with Gasteiger partial charge in [0.15, 0.2) is 5.96 Å². The summed E-state index contributed by atoms with van der Waals surface area (Å²) in [6, 6.07) is 0.423. The lowest BCUT2D eigenvalue weighted by Gasteiger charge is -2.35. The van der Waals surface area contributed by atoms with Gasteiger partial charge < -0.3 is 20.3 Å². The Hall–Kier alpha value is -1.50. The van der Waals surface area contributed by atoms with Crippen LogP contribution in [0.4, 0.5) is 4.79 Å². The molecule has 1 aliphatic heterocycles. The van der Waals surface area contributed by atoms with E-state index in [1.54, 1.807) is 11.9 Å². The molecule has 1 aliphatic rings. The van der Waals surface area contributed by atoms with Gasteiger partial charge >= 0.3 is 6.09 Å². The predicted octanol–water partition coefficient (Wildman–Crippen LogP) is 1.89. The molecule has 0 aliphatic carbocycles. The molecule has 1 unspecified atom stereocenters. The molecule has 1 saturated heterocycles. The maximum Gasteiger partial charge on any atom is 0.410 e. The molecule has 0 radical (unpaired) electrons. The molecule has 1 amide bonds. The molecule has 0 aromatic carbocycles. The van der Waals surface area contributed by atoms with Gasteiger partial charge in [-0.2, -0.15) is 0 Å². The fraction of sp³-hybridized carbons (Fsp3) is 0.889. The van der Waals surface area contributed by atoms with E-state index in [0.29, 0.717) is 6.04 Å². The Labute approximate surface area is 153 Å². The Morgan fingerprint density at radius 1 is 1.24 bits per heavy atom. The number of guanidine groups is 1. The molecule has 0 spiro atoms. The summed E-state index contributed by atoms with van der Waals surface area (Å²) in [5.74, 6) is 0.865. The fourth-order valence-corrected chi connectivity index (χ4v) is 2.52. The third-order valence-electron chi connectivity index (χ3n) is 4.19. The maximum absolute atomic E-state index is 12.1. The van der Waals surface area contributed by atoms with E-state index in [9.17, 15) is 4.79 Å². The molecule has 2 N–H and O–H groups in total. The van der Waals surface area contributed by atoms with Crippen LogP contribution in [-0.2, 0) is 4.74 Å². The van der Waals surface area contributed by atoms with E-state index < -0.39 is 5.60 Å². The van der Waals surface area contributed by atoms with Crippen molar-refractivity contribution >= 4 is 12.1 Å². The van der Waals surface area contributed by atoms with Crippen molar-refractivity contribution in [3.8, 4) is 0 Å². The van der Waals surface area contributed by atoms with E-state index in [0.717, 1.165) is 58.1 Å². The number of piperazine rings is 1. The summed E-state index contributed by atoms with van der Waals surface area (Å²) in [5, 5.41) is 6.71. The van der Waals surface area contributed by atoms with Gasteiger partial charge in [0.1, 0.15) is 5.60 Å². The van der Waals surface area contributed by atoms with Gasteiger partial charge in [-0.05, 0) is 47.1 Å². The minimum atomic E-state index is -0.429. The number of nitrogens with zero attached hydrogens (tertiary/aromatic N) is 3. The van der Waals surface area contributed by atoms with Crippen molar-refractivity contribution in [1.82, 2.24) is 20.4 Å². The molecule has 1 fully saturated rings. The average Bonchev–Trinajstić information content (AvgIpc) is 2.56. The van der Waals surface area contributed by atoms with Gasteiger partial charge in [-0.15, -0.1) is 0 Å². The Morgan fingerprint density at radius 3 is 2.40 bits per heavy atom. The second-order valence-corrected chi connectivity index (χ2v) is 7.62. The van der Waals surface area contributed by atoms with Crippen LogP contribution in [-0.4, -0.2) is 79.8 Å². The Morgan fingerprint density at radius 2 is 1.88 bits per heavy atom. The van der Waals surface area contributed by atoms with E-state index in [2.05, 4.69) is 34.4 Å². The molecule has 0 saturated carbocycles. The first-order chi connectivity index (χ1) is 11.7. The zero-order valence-corrected chi connectivity index (χ0v) is 16.9. The molecule has 146 valence electrons. The van der Waals surface area contributed by atoms with Crippen LogP contribution in [0.15, 0.2) is 4.99 Å². The van der Waals surface area contributed by atoms with Crippen LogP contribution in [0.25, 0.3) is 0 Å². The third-order valence-corrected chi connectivity index (χ3v) is 4.19. The van der Waals surface area contributed by atoms with Gasteiger partial charge in [0.05, 0.1) is 0 Å². The standard InChI is InChI=1S/C18H37N5O2/c1-7-15(2)21-16(19-6)20-9-8-10-22-11-13-23(14-12-22)17(24)25-18(3,4)5/h15H,7-14H2,1-6H3,(H2,19,20,21). The summed E-state index contributed by atoms with van der Waals surface area (Å²) in [7, 11) is 1.80. The Bertz CT molecular complexity index is 426. The highest BCUT2D eigenvalue weighted by atomic mass is 16.6. The number of rotatable bonds is 6. The van der Waals surface area contributed by atoms with E-state index in [1.165, 1.54) is 0 Å². The van der Waals surface area contributed by atoms with Crippen molar-refractivity contribution in [1.29, 1.82) is 0 Å². The van der Waals surface area contributed by atoms with Crippen molar-refractivity contribution in [2.75, 3.05) is 46.3 Å². The van der Waals surface area contributed by atoms with Crippen LogP contribution in [0.2, 0.25) is 0 Å². The van der Waals surface area contributed by atoms with Crippen LogP contribution < -0.4 is 10.6 Å². The highest BCUT2D eigenvalue weighted by Gasteiger charge is 2.25. The summed E-state index contributed by atoms with van der Waals surface area (Å²) in [5.41, 5.74) is -0.429. The van der Waals surface area contributed by atoms with Gasteiger partial charge in [-0.25, -0.2) is 4.79 Å². The van der Waals surface area contributed by atoms with Crippen LogP contribution in [0.1, 0.15) is 47.5 Å². The number of carbonyl (C=O) groups is 1. The summed E-state index contributed by atoms with van der Waals surface area (Å²) < 4.78 is 5.43. The van der Waals surface area contributed by atoms with Gasteiger partial charge in [0.25, 0.3) is 0 Å². The smallest absolute Gasteiger partial charge is 0.410 e. The van der Waals surface area contributed by atoms with Crippen molar-refractivity contribution in [2.24, 2.45) is 4.99 Å². The normalized spacial score (nSPS) is 18.0. The second-order valence-electron chi connectivity index (χ2n) is 7.62. The number of amides is 1. The molecule has 7 nitrogen and oxygen atoms in total. The Kier molecular flexibility index (Phi) is 9.03. The molecule has 7 heteroatoms. The number of aliphatic imine (C=N–C) groups is 1. The van der Waals surface area contributed by atoms with E-state index in [4.69, 9.17) is 4.74 Å². The monoisotopic (exact) mass is 355 g/mol. The molecule has 1 heterocycles. The van der Waals surface area contributed by atoms with Gasteiger partial charge in [-0.1, -0.05) is 6.92 Å². The van der Waals surface area contributed by atoms with E-state index in [1.807, 2.05) is 20.8 Å². The molecule has 25 heavy (non-hydrogen) atoms. The highest BCUT2D eigenvalue weighted by Crippen LogP contribution is 2.11. The maximum atomic E-state index is 12.1. The average molecular weight is 356 g/mol. The first kappa shape index (κ1) is 21.5. The van der Waals surface area contributed by atoms with Crippen LogP contribution >= 0.6 is 0 Å². The predicted molar refractivity (Wildman–Crippen MR) is 103 cm³/mol. The van der Waals surface area contributed by atoms with Crippen molar-refractivity contribution < 1.29 is 9.53 Å². The summed E-state index contributed by atoms with van der Waals surface area (Å²) >= 11 is 0. The summed E-state index contributed by atoms with van der Waals surface area (Å²) in [4.78, 5) is 20.5. The van der Waals surface area contributed by atoms with E-state index >= 15 is 0 Å². The molecule has 1 rings (SSSR count).